The molecule has 1 aromatic heterocycles. The molecule has 7 nitrogen and oxygen atoms in total. The van der Waals surface area contributed by atoms with Crippen molar-refractivity contribution in [2.75, 3.05) is 37.7 Å². The van der Waals surface area contributed by atoms with Crippen LogP contribution in [0.1, 0.15) is 57.2 Å². The molecule has 0 spiro atoms. The standard InChI is InChI=1S/C25H34N4O3S2/c1-6-28-22(27-14-16(3)11-17(4)15-27)19(18(5)20(13-26)23(28)30)12-21-24(31)29(25(33)34-21)9-8-10-32-7-2/h12,16-17H,6-11,14-15H2,1-5H3/b21-12-. The Kier molecular flexibility index (Phi) is 8.96. The van der Waals surface area contributed by atoms with Crippen LogP contribution in [0.4, 0.5) is 5.82 Å². The summed E-state index contributed by atoms with van der Waals surface area (Å²) < 4.78 is 7.60. The molecule has 2 aliphatic heterocycles. The van der Waals surface area contributed by atoms with E-state index in [1.165, 1.54) is 11.8 Å². The highest BCUT2D eigenvalue weighted by Gasteiger charge is 2.33. The van der Waals surface area contributed by atoms with Crippen LogP contribution in [-0.2, 0) is 16.1 Å². The van der Waals surface area contributed by atoms with Gasteiger partial charge in [-0.25, -0.2) is 0 Å². The van der Waals surface area contributed by atoms with Gasteiger partial charge in [0, 0.05) is 45.0 Å². The number of thioether (sulfide) groups is 1. The van der Waals surface area contributed by atoms with Crippen molar-refractivity contribution in [1.82, 2.24) is 9.47 Å². The molecular weight excluding hydrogens is 468 g/mol. The van der Waals surface area contributed by atoms with E-state index in [2.05, 4.69) is 24.8 Å². The van der Waals surface area contributed by atoms with Crippen molar-refractivity contribution in [2.45, 2.75) is 54.0 Å². The van der Waals surface area contributed by atoms with Crippen LogP contribution < -0.4 is 10.5 Å². The first-order valence-electron chi connectivity index (χ1n) is 12.0. The third-order valence-corrected chi connectivity index (χ3v) is 7.73. The van der Waals surface area contributed by atoms with Crippen molar-refractivity contribution >= 4 is 46.1 Å². The zero-order valence-corrected chi connectivity index (χ0v) is 22.4. The van der Waals surface area contributed by atoms with Gasteiger partial charge in [-0.05, 0) is 57.1 Å². The van der Waals surface area contributed by atoms with Crippen molar-refractivity contribution in [1.29, 1.82) is 5.26 Å². The number of thiocarbonyl (C=S) groups is 1. The van der Waals surface area contributed by atoms with Crippen LogP contribution in [0.2, 0.25) is 0 Å². The molecule has 0 saturated carbocycles. The maximum atomic E-state index is 13.2. The lowest BCUT2D eigenvalue weighted by atomic mass is 9.91. The summed E-state index contributed by atoms with van der Waals surface area (Å²) in [6, 6.07) is 2.10. The molecule has 2 atom stereocenters. The highest BCUT2D eigenvalue weighted by Crippen LogP contribution is 2.37. The number of aromatic nitrogens is 1. The van der Waals surface area contributed by atoms with Gasteiger partial charge in [0.2, 0.25) is 0 Å². The topological polar surface area (TPSA) is 78.6 Å². The SMILES string of the molecule is CCOCCCN1C(=O)/C(=C/c2c(C)c(C#N)c(=O)n(CC)c2N2CC(C)CC(C)C2)SC1=S. The smallest absolute Gasteiger partial charge is 0.270 e. The number of anilines is 1. The number of piperidine rings is 1. The number of rotatable bonds is 8. The summed E-state index contributed by atoms with van der Waals surface area (Å²) in [5.74, 6) is 1.63. The molecular formula is C25H34N4O3S2. The summed E-state index contributed by atoms with van der Waals surface area (Å²) in [5.41, 5.74) is 1.22. The minimum atomic E-state index is -0.274. The lowest BCUT2D eigenvalue weighted by Gasteiger charge is -2.38. The van der Waals surface area contributed by atoms with Gasteiger partial charge in [0.1, 0.15) is 21.8 Å². The number of amides is 1. The molecule has 0 N–H and O–H groups in total. The molecule has 2 fully saturated rings. The van der Waals surface area contributed by atoms with E-state index in [1.54, 1.807) is 16.4 Å². The van der Waals surface area contributed by atoms with Crippen molar-refractivity contribution in [2.24, 2.45) is 11.8 Å². The van der Waals surface area contributed by atoms with Gasteiger partial charge in [0.25, 0.3) is 11.5 Å². The van der Waals surface area contributed by atoms with Crippen LogP contribution >= 0.6 is 24.0 Å². The number of pyridine rings is 1. The summed E-state index contributed by atoms with van der Waals surface area (Å²) in [7, 11) is 0. The van der Waals surface area contributed by atoms with Crippen LogP contribution in [0.5, 0.6) is 0 Å². The Balaban J connectivity index is 2.09. The zero-order valence-electron chi connectivity index (χ0n) is 20.7. The Labute approximate surface area is 211 Å². The molecule has 184 valence electrons. The number of ether oxygens (including phenoxy) is 1. The molecule has 3 heterocycles. The van der Waals surface area contributed by atoms with Crippen LogP contribution in [0.3, 0.4) is 0 Å². The number of nitriles is 1. The molecule has 9 heteroatoms. The van der Waals surface area contributed by atoms with E-state index in [0.717, 1.165) is 30.9 Å². The second kappa shape index (κ2) is 11.5. The van der Waals surface area contributed by atoms with Crippen molar-refractivity contribution < 1.29 is 9.53 Å². The van der Waals surface area contributed by atoms with Crippen molar-refractivity contribution in [3.8, 4) is 6.07 Å². The molecule has 0 radical (unpaired) electrons. The highest BCUT2D eigenvalue weighted by atomic mass is 32.2. The number of nitrogens with zero attached hydrogens (tertiary/aromatic N) is 4. The van der Waals surface area contributed by atoms with Gasteiger partial charge in [0.05, 0.1) is 4.91 Å². The Hall–Kier alpha value is -2.15. The van der Waals surface area contributed by atoms with E-state index in [4.69, 9.17) is 17.0 Å². The third-order valence-electron chi connectivity index (χ3n) is 6.35. The monoisotopic (exact) mass is 502 g/mol. The van der Waals surface area contributed by atoms with Crippen LogP contribution in [-0.4, -0.2) is 52.5 Å². The molecule has 3 rings (SSSR count). The Morgan fingerprint density at radius 2 is 1.91 bits per heavy atom. The highest BCUT2D eigenvalue weighted by molar-refractivity contribution is 8.26. The average Bonchev–Trinajstić information content (AvgIpc) is 3.05. The van der Waals surface area contributed by atoms with Crippen LogP contribution in [0.15, 0.2) is 9.70 Å². The fourth-order valence-corrected chi connectivity index (χ4v) is 6.20. The van der Waals surface area contributed by atoms with Gasteiger partial charge in [-0.15, -0.1) is 0 Å². The maximum Gasteiger partial charge on any atom is 0.270 e. The fraction of sp³-hybridized carbons (Fsp3) is 0.600. The van der Waals surface area contributed by atoms with E-state index in [9.17, 15) is 14.9 Å². The minimum absolute atomic E-state index is 0.127. The van der Waals surface area contributed by atoms with Gasteiger partial charge >= 0.3 is 0 Å². The fourth-order valence-electron chi connectivity index (χ4n) is 4.91. The lowest BCUT2D eigenvalue weighted by molar-refractivity contribution is -0.122. The average molecular weight is 503 g/mol. The number of hydrogen-bond donors (Lipinski definition) is 0. The van der Waals surface area contributed by atoms with Crippen LogP contribution in [0.25, 0.3) is 6.08 Å². The van der Waals surface area contributed by atoms with Crippen molar-refractivity contribution in [3.63, 3.8) is 0 Å². The minimum Gasteiger partial charge on any atom is -0.382 e. The van der Waals surface area contributed by atoms with E-state index in [-0.39, 0.29) is 17.0 Å². The molecule has 1 amide bonds. The van der Waals surface area contributed by atoms with E-state index < -0.39 is 0 Å². The summed E-state index contributed by atoms with van der Waals surface area (Å²) in [5, 5.41) is 9.76. The summed E-state index contributed by atoms with van der Waals surface area (Å²) in [4.78, 5) is 30.8. The lowest BCUT2D eigenvalue weighted by Crippen LogP contribution is -2.42. The van der Waals surface area contributed by atoms with E-state index >= 15 is 0 Å². The molecule has 2 unspecified atom stereocenters. The van der Waals surface area contributed by atoms with Gasteiger partial charge in [-0.1, -0.05) is 37.8 Å². The summed E-state index contributed by atoms with van der Waals surface area (Å²) in [6.07, 6.45) is 3.68. The maximum absolute atomic E-state index is 13.2. The van der Waals surface area contributed by atoms with Crippen LogP contribution in [0, 0.1) is 30.1 Å². The van der Waals surface area contributed by atoms with Crippen molar-refractivity contribution in [3.05, 3.63) is 31.9 Å². The molecule has 34 heavy (non-hydrogen) atoms. The normalized spacial score (nSPS) is 22.1. The Bertz CT molecular complexity index is 1080. The van der Waals surface area contributed by atoms with Gasteiger partial charge < -0.3 is 9.64 Å². The second-order valence-electron chi connectivity index (χ2n) is 9.13. The van der Waals surface area contributed by atoms with Gasteiger partial charge in [-0.2, -0.15) is 5.26 Å². The third kappa shape index (κ3) is 5.40. The van der Waals surface area contributed by atoms with E-state index in [0.29, 0.717) is 59.3 Å². The number of hydrogen-bond acceptors (Lipinski definition) is 7. The number of carbonyl (C=O) groups is 1. The summed E-state index contributed by atoms with van der Waals surface area (Å²) in [6.45, 7) is 13.9. The quantitative estimate of drug-likeness (QED) is 0.300. The predicted octanol–water partition coefficient (Wildman–Crippen LogP) is 4.16. The second-order valence-corrected chi connectivity index (χ2v) is 10.8. The van der Waals surface area contributed by atoms with Gasteiger partial charge in [0.15, 0.2) is 0 Å². The zero-order chi connectivity index (χ0) is 25.0. The molecule has 0 aliphatic carbocycles. The van der Waals surface area contributed by atoms with Gasteiger partial charge in [-0.3, -0.25) is 19.1 Å². The number of carbonyl (C=O) groups excluding carboxylic acids is 1. The first-order chi connectivity index (χ1) is 16.2. The molecule has 1 aromatic rings. The Morgan fingerprint density at radius 1 is 1.24 bits per heavy atom. The largest absolute Gasteiger partial charge is 0.382 e. The molecule has 0 aromatic carbocycles. The first-order valence-corrected chi connectivity index (χ1v) is 13.2. The molecule has 2 aliphatic rings. The molecule has 0 bridgehead atoms. The predicted molar refractivity (Wildman–Crippen MR) is 142 cm³/mol. The Morgan fingerprint density at radius 3 is 2.50 bits per heavy atom. The first kappa shape index (κ1) is 26.5. The van der Waals surface area contributed by atoms with E-state index in [1.807, 2.05) is 19.9 Å². The molecule has 2 saturated heterocycles. The summed E-state index contributed by atoms with van der Waals surface area (Å²) >= 11 is 6.77.